The fraction of sp³-hybridized carbons (Fsp3) is 0.929. The predicted molar refractivity (Wildman–Crippen MR) is 75.9 cm³/mol. The first-order valence-corrected chi connectivity index (χ1v) is 8.22. The highest BCUT2D eigenvalue weighted by molar-refractivity contribution is 9.09. The summed E-state index contributed by atoms with van der Waals surface area (Å²) >= 11 is 3.57. The topological polar surface area (TPSA) is 38.3 Å². The van der Waals surface area contributed by atoms with Crippen LogP contribution >= 0.6 is 15.9 Å². The molecule has 0 spiro atoms. The summed E-state index contributed by atoms with van der Waals surface area (Å²) in [5.74, 6) is 0.775. The normalized spacial score (nSPS) is 30.6. The van der Waals surface area contributed by atoms with E-state index >= 15 is 0 Å². The third kappa shape index (κ3) is 3.27. The van der Waals surface area contributed by atoms with E-state index in [1.807, 2.05) is 0 Å². The quantitative estimate of drug-likeness (QED) is 0.791. The van der Waals surface area contributed by atoms with Gasteiger partial charge in [0.05, 0.1) is 12.0 Å². The first-order valence-electron chi connectivity index (χ1n) is 7.09. The van der Waals surface area contributed by atoms with Gasteiger partial charge in [-0.3, -0.25) is 4.79 Å². The largest absolute Gasteiger partial charge is 0.378 e. The molecule has 2 rings (SSSR count). The summed E-state index contributed by atoms with van der Waals surface area (Å²) in [4.78, 5) is 12.1. The molecule has 2 aliphatic carbocycles. The molecular formula is C14H24BrNO2. The second kappa shape index (κ2) is 6.38. The van der Waals surface area contributed by atoms with Crippen molar-refractivity contribution in [2.24, 2.45) is 5.92 Å². The summed E-state index contributed by atoms with van der Waals surface area (Å²) in [6.45, 7) is 0. The molecule has 0 aromatic carbocycles. The lowest BCUT2D eigenvalue weighted by molar-refractivity contribution is -0.135. The third-order valence-corrected chi connectivity index (χ3v) is 5.47. The van der Waals surface area contributed by atoms with E-state index in [9.17, 15) is 4.79 Å². The Hall–Kier alpha value is -0.0900. The number of carbonyl (C=O) groups is 1. The second-order valence-electron chi connectivity index (χ2n) is 5.79. The van der Waals surface area contributed by atoms with Crippen LogP contribution in [0.25, 0.3) is 0 Å². The van der Waals surface area contributed by atoms with Crippen molar-refractivity contribution in [3.8, 4) is 0 Å². The third-order valence-electron chi connectivity index (χ3n) is 4.63. The van der Waals surface area contributed by atoms with Crippen LogP contribution in [0.5, 0.6) is 0 Å². The number of methoxy groups -OCH3 is 1. The van der Waals surface area contributed by atoms with E-state index in [4.69, 9.17) is 4.74 Å². The summed E-state index contributed by atoms with van der Waals surface area (Å²) in [5.41, 5.74) is -0.150. The van der Waals surface area contributed by atoms with Crippen LogP contribution in [0.3, 0.4) is 0 Å². The molecule has 0 heterocycles. The molecule has 18 heavy (non-hydrogen) atoms. The molecule has 1 amide bonds. The maximum atomic E-state index is 12.1. The molecule has 0 saturated heterocycles. The Morgan fingerprint density at radius 1 is 1.33 bits per heavy atom. The number of nitrogens with one attached hydrogen (secondary N) is 1. The van der Waals surface area contributed by atoms with Gasteiger partial charge in [-0.05, 0) is 38.0 Å². The molecule has 2 fully saturated rings. The fourth-order valence-electron chi connectivity index (χ4n) is 3.16. The molecule has 2 aliphatic rings. The first kappa shape index (κ1) is 14.3. The average molecular weight is 318 g/mol. The molecule has 1 N–H and O–H groups in total. The van der Waals surface area contributed by atoms with Crippen molar-refractivity contribution in [3.05, 3.63) is 0 Å². The lowest BCUT2D eigenvalue weighted by Gasteiger charge is -2.40. The molecule has 2 unspecified atom stereocenters. The Bertz CT molecular complexity index is 286. The minimum atomic E-state index is -0.150. The number of hydrogen-bond donors (Lipinski definition) is 1. The lowest BCUT2D eigenvalue weighted by Crippen LogP contribution is -2.48. The molecule has 2 saturated carbocycles. The Morgan fingerprint density at radius 2 is 2.06 bits per heavy atom. The Labute approximate surface area is 118 Å². The molecule has 0 aliphatic heterocycles. The minimum absolute atomic E-state index is 0.150. The molecule has 0 bridgehead atoms. The van der Waals surface area contributed by atoms with Gasteiger partial charge in [0.1, 0.15) is 0 Å². The predicted octanol–water partition coefficient (Wildman–Crippen LogP) is 3.02. The van der Waals surface area contributed by atoms with Crippen LogP contribution in [0.1, 0.15) is 51.4 Å². The molecule has 3 nitrogen and oxygen atoms in total. The van der Waals surface area contributed by atoms with E-state index in [0.717, 1.165) is 24.6 Å². The first-order chi connectivity index (χ1) is 8.69. The zero-order chi connectivity index (χ0) is 13.0. The molecule has 0 aromatic rings. The van der Waals surface area contributed by atoms with Gasteiger partial charge in [0.2, 0.25) is 5.91 Å². The molecule has 0 radical (unpaired) electrons. The molecule has 0 aromatic heterocycles. The number of amides is 1. The maximum absolute atomic E-state index is 12.1. The number of hydrogen-bond acceptors (Lipinski definition) is 2. The number of rotatable bonds is 5. The second-order valence-corrected chi connectivity index (χ2v) is 6.44. The van der Waals surface area contributed by atoms with Gasteiger partial charge in [-0.2, -0.15) is 0 Å². The zero-order valence-corrected chi connectivity index (χ0v) is 12.8. The molecule has 2 atom stereocenters. The van der Waals surface area contributed by atoms with Gasteiger partial charge in [0.25, 0.3) is 0 Å². The summed E-state index contributed by atoms with van der Waals surface area (Å²) in [7, 11) is 1.73. The fourth-order valence-corrected chi connectivity index (χ4v) is 3.93. The van der Waals surface area contributed by atoms with Gasteiger partial charge in [-0.1, -0.05) is 28.8 Å². The van der Waals surface area contributed by atoms with E-state index < -0.39 is 0 Å². The summed E-state index contributed by atoms with van der Waals surface area (Å²) in [6, 6.07) is 0.361. The highest BCUT2D eigenvalue weighted by atomic mass is 79.9. The van der Waals surface area contributed by atoms with E-state index in [0.29, 0.717) is 18.4 Å². The minimum Gasteiger partial charge on any atom is -0.378 e. The number of halogens is 1. The SMILES string of the molecule is COC1(CC(=O)NC2CCCCC2CBr)CCC1. The van der Waals surface area contributed by atoms with E-state index in [1.54, 1.807) is 7.11 Å². The van der Waals surface area contributed by atoms with Crippen LogP contribution in [0.15, 0.2) is 0 Å². The number of carbonyl (C=O) groups excluding carboxylic acids is 1. The summed E-state index contributed by atoms with van der Waals surface area (Å²) < 4.78 is 5.52. The van der Waals surface area contributed by atoms with Gasteiger partial charge in [-0.15, -0.1) is 0 Å². The molecular weight excluding hydrogens is 294 g/mol. The van der Waals surface area contributed by atoms with Crippen LogP contribution in [0.2, 0.25) is 0 Å². The van der Waals surface area contributed by atoms with Crippen LogP contribution in [0.4, 0.5) is 0 Å². The van der Waals surface area contributed by atoms with Gasteiger partial charge in [0.15, 0.2) is 0 Å². The number of ether oxygens (including phenoxy) is 1. The number of alkyl halides is 1. The van der Waals surface area contributed by atoms with Crippen molar-refractivity contribution in [1.82, 2.24) is 5.32 Å². The highest BCUT2D eigenvalue weighted by Gasteiger charge is 2.39. The highest BCUT2D eigenvalue weighted by Crippen LogP contribution is 2.38. The Morgan fingerprint density at radius 3 is 2.61 bits per heavy atom. The van der Waals surface area contributed by atoms with Crippen LogP contribution in [-0.2, 0) is 9.53 Å². The lowest BCUT2D eigenvalue weighted by atomic mass is 9.77. The molecule has 4 heteroatoms. The summed E-state index contributed by atoms with van der Waals surface area (Å²) in [6.07, 6.45) is 8.68. The van der Waals surface area contributed by atoms with Crippen LogP contribution in [0, 0.1) is 5.92 Å². The smallest absolute Gasteiger partial charge is 0.223 e. The van der Waals surface area contributed by atoms with Crippen LogP contribution < -0.4 is 5.32 Å². The zero-order valence-electron chi connectivity index (χ0n) is 11.2. The van der Waals surface area contributed by atoms with Crippen molar-refractivity contribution in [2.75, 3.05) is 12.4 Å². The standard InChI is InChI=1S/C14H24BrNO2/c1-18-14(7-4-8-14)9-13(17)16-12-6-3-2-5-11(12)10-15/h11-12H,2-10H2,1H3,(H,16,17). The van der Waals surface area contributed by atoms with Crippen molar-refractivity contribution in [3.63, 3.8) is 0 Å². The van der Waals surface area contributed by atoms with E-state index in [1.165, 1.54) is 25.7 Å². The monoisotopic (exact) mass is 317 g/mol. The van der Waals surface area contributed by atoms with Crippen molar-refractivity contribution in [1.29, 1.82) is 0 Å². The van der Waals surface area contributed by atoms with E-state index in [-0.39, 0.29) is 11.5 Å². The average Bonchev–Trinajstić information content (AvgIpc) is 2.34. The molecule has 104 valence electrons. The Balaban J connectivity index is 1.82. The van der Waals surface area contributed by atoms with Crippen molar-refractivity contribution in [2.45, 2.75) is 63.0 Å². The Kier molecular flexibility index (Phi) is 5.07. The van der Waals surface area contributed by atoms with Crippen molar-refractivity contribution < 1.29 is 9.53 Å². The maximum Gasteiger partial charge on any atom is 0.223 e. The van der Waals surface area contributed by atoms with Gasteiger partial charge >= 0.3 is 0 Å². The van der Waals surface area contributed by atoms with E-state index in [2.05, 4.69) is 21.2 Å². The van der Waals surface area contributed by atoms with Gasteiger partial charge in [-0.25, -0.2) is 0 Å². The van der Waals surface area contributed by atoms with Gasteiger partial charge < -0.3 is 10.1 Å². The van der Waals surface area contributed by atoms with Crippen LogP contribution in [-0.4, -0.2) is 30.0 Å². The van der Waals surface area contributed by atoms with Crippen molar-refractivity contribution >= 4 is 21.8 Å². The van der Waals surface area contributed by atoms with Gasteiger partial charge in [0, 0.05) is 18.5 Å². The summed E-state index contributed by atoms with van der Waals surface area (Å²) in [5, 5.41) is 4.22.